The summed E-state index contributed by atoms with van der Waals surface area (Å²) in [5.74, 6) is 2.19. The minimum Gasteiger partial charge on any atom is -0.355 e. The Morgan fingerprint density at radius 2 is 2.04 bits per heavy atom. The molecule has 0 radical (unpaired) electrons. The Balaban J connectivity index is 1.62. The maximum Gasteiger partial charge on any atom is 0.143 e. The lowest BCUT2D eigenvalue weighted by atomic mass is 10.0. The number of hydrogen-bond donors (Lipinski definition) is 0. The van der Waals surface area contributed by atoms with Gasteiger partial charge in [-0.15, -0.1) is 11.3 Å². The van der Waals surface area contributed by atoms with Crippen molar-refractivity contribution >= 4 is 32.9 Å². The summed E-state index contributed by atoms with van der Waals surface area (Å²) >= 11 is 1.79. The van der Waals surface area contributed by atoms with Gasteiger partial charge in [-0.2, -0.15) is 0 Å². The Labute approximate surface area is 152 Å². The normalized spacial score (nSPS) is 18.3. The minimum absolute atomic E-state index is 0.891. The predicted molar refractivity (Wildman–Crippen MR) is 106 cm³/mol. The molecule has 5 heteroatoms. The van der Waals surface area contributed by atoms with E-state index >= 15 is 0 Å². The largest absolute Gasteiger partial charge is 0.355 e. The van der Waals surface area contributed by atoms with Gasteiger partial charge in [-0.1, -0.05) is 12.6 Å². The van der Waals surface area contributed by atoms with Crippen LogP contribution in [-0.4, -0.2) is 47.7 Å². The molecule has 0 saturated carbocycles. The van der Waals surface area contributed by atoms with E-state index in [4.69, 9.17) is 4.98 Å². The number of nitrogens with zero attached hydrogens (tertiary/aromatic N) is 4. The molecule has 1 fully saturated rings. The number of rotatable bonds is 1. The van der Waals surface area contributed by atoms with Gasteiger partial charge in [0, 0.05) is 31.6 Å². The number of pyridine rings is 1. The van der Waals surface area contributed by atoms with Crippen LogP contribution in [0.1, 0.15) is 17.7 Å². The summed E-state index contributed by atoms with van der Waals surface area (Å²) in [4.78, 5) is 9.95. The number of aromatic nitrogens is 2. The van der Waals surface area contributed by atoms with E-state index in [1.165, 1.54) is 40.0 Å². The highest BCUT2D eigenvalue weighted by Gasteiger charge is 2.24. The maximum absolute atomic E-state index is 5.12. The highest BCUT2D eigenvalue weighted by molar-refractivity contribution is 7.17. The number of likely N-dealkylation sites (N-methyl/N-ethyl adjacent to an activating group) is 1. The molecule has 25 heavy (non-hydrogen) atoms. The molecule has 128 valence electrons. The van der Waals surface area contributed by atoms with Crippen LogP contribution in [0, 0.1) is 0 Å². The van der Waals surface area contributed by atoms with E-state index in [0.717, 1.165) is 37.7 Å². The van der Waals surface area contributed by atoms with Crippen molar-refractivity contribution < 1.29 is 0 Å². The molecule has 0 aliphatic carbocycles. The van der Waals surface area contributed by atoms with Crippen LogP contribution in [-0.2, 0) is 6.42 Å². The lowest BCUT2D eigenvalue weighted by Gasteiger charge is -2.26. The lowest BCUT2D eigenvalue weighted by Crippen LogP contribution is -2.29. The van der Waals surface area contributed by atoms with Gasteiger partial charge in [0.05, 0.1) is 15.9 Å². The number of hydrogen-bond acceptors (Lipinski definition) is 4. The summed E-state index contributed by atoms with van der Waals surface area (Å²) in [5.41, 5.74) is 4.93. The van der Waals surface area contributed by atoms with E-state index in [2.05, 4.69) is 57.6 Å². The van der Waals surface area contributed by atoms with Crippen molar-refractivity contribution in [1.82, 2.24) is 14.5 Å². The fraction of sp³-hybridized carbons (Fsp3) is 0.350. The second-order valence-electron chi connectivity index (χ2n) is 7.11. The van der Waals surface area contributed by atoms with E-state index in [0.29, 0.717) is 0 Å². The number of thiophene rings is 1. The molecular weight excluding hydrogens is 328 g/mol. The van der Waals surface area contributed by atoms with Crippen LogP contribution in [0.25, 0.3) is 21.6 Å². The van der Waals surface area contributed by atoms with Crippen molar-refractivity contribution in [3.63, 3.8) is 0 Å². The quantitative estimate of drug-likeness (QED) is 0.667. The Kier molecular flexibility index (Phi) is 3.47. The second-order valence-corrected chi connectivity index (χ2v) is 8.06. The van der Waals surface area contributed by atoms with E-state index < -0.39 is 0 Å². The van der Waals surface area contributed by atoms with Crippen molar-refractivity contribution in [3.8, 4) is 5.82 Å². The van der Waals surface area contributed by atoms with Crippen LogP contribution in [0.15, 0.2) is 36.2 Å². The minimum atomic E-state index is 0.891. The molecule has 0 amide bonds. The van der Waals surface area contributed by atoms with E-state index in [-0.39, 0.29) is 0 Å². The zero-order valence-electron chi connectivity index (χ0n) is 14.5. The molecule has 0 spiro atoms. The molecule has 0 aromatic carbocycles. The molecule has 3 aromatic rings. The average Bonchev–Trinajstić information content (AvgIpc) is 3.12. The van der Waals surface area contributed by atoms with Crippen LogP contribution in [0.4, 0.5) is 5.82 Å². The van der Waals surface area contributed by atoms with Crippen LogP contribution in [0.3, 0.4) is 0 Å². The van der Waals surface area contributed by atoms with Gasteiger partial charge in [0.15, 0.2) is 0 Å². The standard InChI is InChI=1S/C20H22N4S/c1-14-12-15-4-5-19(23-8-3-7-22(2)9-10-23)21-20(15)24-16-6-11-25-18(16)13-17(14)24/h4-6,11,13H,1,3,7-10,12H2,2H3. The molecule has 0 N–H and O–H groups in total. The highest BCUT2D eigenvalue weighted by atomic mass is 32.1. The average molecular weight is 350 g/mol. The third kappa shape index (κ3) is 2.41. The van der Waals surface area contributed by atoms with Crippen molar-refractivity contribution in [3.05, 3.63) is 47.5 Å². The first-order valence-electron chi connectivity index (χ1n) is 8.91. The van der Waals surface area contributed by atoms with Crippen molar-refractivity contribution in [2.24, 2.45) is 0 Å². The van der Waals surface area contributed by atoms with Crippen LogP contribution in [0.2, 0.25) is 0 Å². The molecule has 0 bridgehead atoms. The first-order chi connectivity index (χ1) is 12.2. The van der Waals surface area contributed by atoms with Gasteiger partial charge in [0.2, 0.25) is 0 Å². The van der Waals surface area contributed by atoms with Gasteiger partial charge in [-0.3, -0.25) is 4.57 Å². The molecule has 2 aliphatic heterocycles. The molecule has 2 aliphatic rings. The monoisotopic (exact) mass is 350 g/mol. The molecule has 1 saturated heterocycles. The number of anilines is 1. The van der Waals surface area contributed by atoms with Crippen LogP contribution >= 0.6 is 11.3 Å². The summed E-state index contributed by atoms with van der Waals surface area (Å²) in [6.45, 7) is 8.69. The topological polar surface area (TPSA) is 24.3 Å². The molecular formula is C20H22N4S. The Morgan fingerprint density at radius 3 is 2.96 bits per heavy atom. The zero-order valence-corrected chi connectivity index (χ0v) is 15.4. The van der Waals surface area contributed by atoms with Crippen molar-refractivity contribution in [1.29, 1.82) is 0 Å². The van der Waals surface area contributed by atoms with E-state index in [1.807, 2.05) is 0 Å². The first kappa shape index (κ1) is 15.2. The molecule has 3 aromatic heterocycles. The van der Waals surface area contributed by atoms with Crippen molar-refractivity contribution in [2.75, 3.05) is 38.1 Å². The molecule has 5 heterocycles. The molecule has 0 atom stereocenters. The predicted octanol–water partition coefficient (Wildman–Crippen LogP) is 3.80. The number of allylic oxidation sites excluding steroid dienone is 1. The summed E-state index contributed by atoms with van der Waals surface area (Å²) in [6, 6.07) is 8.90. The zero-order chi connectivity index (χ0) is 17.0. The summed E-state index contributed by atoms with van der Waals surface area (Å²) in [7, 11) is 2.20. The van der Waals surface area contributed by atoms with Crippen molar-refractivity contribution in [2.45, 2.75) is 12.8 Å². The van der Waals surface area contributed by atoms with Gasteiger partial charge in [0.25, 0.3) is 0 Å². The fourth-order valence-corrected chi connectivity index (χ4v) is 4.79. The van der Waals surface area contributed by atoms with Gasteiger partial charge in [0.1, 0.15) is 11.6 Å². The maximum atomic E-state index is 5.12. The van der Waals surface area contributed by atoms with Gasteiger partial charge < -0.3 is 9.80 Å². The third-order valence-electron chi connectivity index (χ3n) is 5.39. The lowest BCUT2D eigenvalue weighted by molar-refractivity contribution is 0.360. The smallest absolute Gasteiger partial charge is 0.143 e. The van der Waals surface area contributed by atoms with E-state index in [9.17, 15) is 0 Å². The van der Waals surface area contributed by atoms with Crippen LogP contribution < -0.4 is 4.90 Å². The van der Waals surface area contributed by atoms with Gasteiger partial charge in [-0.25, -0.2) is 4.98 Å². The summed E-state index contributed by atoms with van der Waals surface area (Å²) < 4.78 is 3.62. The molecule has 4 nitrogen and oxygen atoms in total. The molecule has 0 unspecified atom stereocenters. The van der Waals surface area contributed by atoms with Gasteiger partial charge in [-0.05, 0) is 49.2 Å². The van der Waals surface area contributed by atoms with Gasteiger partial charge >= 0.3 is 0 Å². The highest BCUT2D eigenvalue weighted by Crippen LogP contribution is 2.38. The number of fused-ring (bicyclic) bond motifs is 5. The Bertz CT molecular complexity index is 967. The molecule has 5 rings (SSSR count). The second kappa shape index (κ2) is 5.71. The Morgan fingerprint density at radius 1 is 1.12 bits per heavy atom. The third-order valence-corrected chi connectivity index (χ3v) is 6.24. The van der Waals surface area contributed by atoms with E-state index in [1.54, 1.807) is 11.3 Å². The fourth-order valence-electron chi connectivity index (χ4n) is 3.98. The summed E-state index contributed by atoms with van der Waals surface area (Å²) in [6.07, 6.45) is 2.08. The Hall–Kier alpha value is -2.11. The first-order valence-corrected chi connectivity index (χ1v) is 9.79. The van der Waals surface area contributed by atoms with Crippen LogP contribution in [0.5, 0.6) is 0 Å². The SMILES string of the molecule is C=C1Cc2ccc(N3CCCN(C)CC3)nc2-n2c1cc1sccc12. The summed E-state index contributed by atoms with van der Waals surface area (Å²) in [5, 5.41) is 2.16.